The summed E-state index contributed by atoms with van der Waals surface area (Å²) in [5.41, 5.74) is 1.17. The van der Waals surface area contributed by atoms with Crippen molar-refractivity contribution in [2.45, 2.75) is 6.42 Å². The monoisotopic (exact) mass is 222 g/mol. The molecule has 0 heterocycles. The largest absolute Gasteiger partial charge is 0.493 e. The third-order valence-electron chi connectivity index (χ3n) is 2.35. The zero-order chi connectivity index (χ0) is 12.0. The third-order valence-corrected chi connectivity index (χ3v) is 2.35. The first kappa shape index (κ1) is 12.8. The summed E-state index contributed by atoms with van der Waals surface area (Å²) in [5.74, 6) is 0.949. The number of anilines is 1. The van der Waals surface area contributed by atoms with E-state index in [4.69, 9.17) is 4.74 Å². The Morgan fingerprint density at radius 2 is 1.88 bits per heavy atom. The van der Waals surface area contributed by atoms with E-state index in [1.165, 1.54) is 5.69 Å². The van der Waals surface area contributed by atoms with Gasteiger partial charge in [-0.05, 0) is 32.6 Å². The van der Waals surface area contributed by atoms with Gasteiger partial charge in [0.1, 0.15) is 5.75 Å². The minimum atomic E-state index is 0.773. The molecule has 0 fully saturated rings. The van der Waals surface area contributed by atoms with Crippen molar-refractivity contribution in [3.63, 3.8) is 0 Å². The molecule has 0 atom stereocenters. The molecule has 0 bridgehead atoms. The molecule has 3 nitrogen and oxygen atoms in total. The van der Waals surface area contributed by atoms with Crippen LogP contribution in [0, 0.1) is 0 Å². The molecule has 0 amide bonds. The number of hydrogen-bond donors (Lipinski definition) is 0. The zero-order valence-corrected chi connectivity index (χ0v) is 10.7. The Kier molecular flexibility index (Phi) is 5.12. The van der Waals surface area contributed by atoms with E-state index in [9.17, 15) is 0 Å². The van der Waals surface area contributed by atoms with Crippen molar-refractivity contribution in [2.24, 2.45) is 0 Å². The summed E-state index contributed by atoms with van der Waals surface area (Å²) < 4.78 is 5.69. The van der Waals surface area contributed by atoms with Crippen LogP contribution in [0.15, 0.2) is 24.3 Å². The number of ether oxygens (including phenoxy) is 1. The van der Waals surface area contributed by atoms with E-state index in [1.807, 2.05) is 26.2 Å². The van der Waals surface area contributed by atoms with Crippen molar-refractivity contribution < 1.29 is 4.74 Å². The van der Waals surface area contributed by atoms with Crippen LogP contribution >= 0.6 is 0 Å². The number of hydrogen-bond acceptors (Lipinski definition) is 3. The van der Waals surface area contributed by atoms with Gasteiger partial charge in [-0.1, -0.05) is 6.07 Å². The van der Waals surface area contributed by atoms with E-state index in [2.05, 4.69) is 36.0 Å². The average molecular weight is 222 g/mol. The minimum absolute atomic E-state index is 0.773. The van der Waals surface area contributed by atoms with E-state index in [1.54, 1.807) is 0 Å². The lowest BCUT2D eigenvalue weighted by Gasteiger charge is -2.14. The second kappa shape index (κ2) is 6.38. The molecule has 0 aromatic heterocycles. The van der Waals surface area contributed by atoms with E-state index in [0.29, 0.717) is 0 Å². The molecular weight excluding hydrogens is 200 g/mol. The van der Waals surface area contributed by atoms with Gasteiger partial charge in [-0.3, -0.25) is 0 Å². The maximum Gasteiger partial charge on any atom is 0.121 e. The first-order valence-electron chi connectivity index (χ1n) is 5.64. The van der Waals surface area contributed by atoms with Crippen LogP contribution in [-0.2, 0) is 0 Å². The lowest BCUT2D eigenvalue weighted by atomic mass is 10.3. The summed E-state index contributed by atoms with van der Waals surface area (Å²) in [6.07, 6.45) is 1.05. The van der Waals surface area contributed by atoms with Crippen molar-refractivity contribution in [2.75, 3.05) is 46.2 Å². The average Bonchev–Trinajstić information content (AvgIpc) is 2.24. The Morgan fingerprint density at radius 3 is 2.50 bits per heavy atom. The topological polar surface area (TPSA) is 15.7 Å². The van der Waals surface area contributed by atoms with Gasteiger partial charge in [-0.2, -0.15) is 0 Å². The van der Waals surface area contributed by atoms with Crippen LogP contribution in [0.4, 0.5) is 5.69 Å². The van der Waals surface area contributed by atoms with Crippen molar-refractivity contribution in [3.05, 3.63) is 24.3 Å². The fourth-order valence-electron chi connectivity index (χ4n) is 1.42. The molecule has 0 spiro atoms. The fourth-order valence-corrected chi connectivity index (χ4v) is 1.42. The Balaban J connectivity index is 2.39. The Labute approximate surface area is 98.6 Å². The number of nitrogens with zero attached hydrogens (tertiary/aromatic N) is 2. The second-order valence-corrected chi connectivity index (χ2v) is 4.40. The molecule has 0 aliphatic heterocycles. The first-order chi connectivity index (χ1) is 7.59. The number of benzene rings is 1. The molecule has 1 aromatic carbocycles. The molecule has 0 saturated heterocycles. The van der Waals surface area contributed by atoms with Crippen LogP contribution in [0.5, 0.6) is 5.75 Å². The van der Waals surface area contributed by atoms with Gasteiger partial charge in [0.2, 0.25) is 0 Å². The molecule has 1 rings (SSSR count). The number of rotatable bonds is 6. The highest BCUT2D eigenvalue weighted by atomic mass is 16.5. The van der Waals surface area contributed by atoms with Crippen molar-refractivity contribution in [1.29, 1.82) is 0 Å². The van der Waals surface area contributed by atoms with E-state index < -0.39 is 0 Å². The van der Waals surface area contributed by atoms with Gasteiger partial charge < -0.3 is 14.5 Å². The summed E-state index contributed by atoms with van der Waals surface area (Å²) in [6, 6.07) is 8.17. The van der Waals surface area contributed by atoms with Gasteiger partial charge in [0, 0.05) is 32.4 Å². The SMILES string of the molecule is CN(C)CCCOc1cccc(N(C)C)c1. The molecule has 3 heteroatoms. The van der Waals surface area contributed by atoms with Crippen LogP contribution in [0.1, 0.15) is 6.42 Å². The quantitative estimate of drug-likeness (QED) is 0.685. The van der Waals surface area contributed by atoms with Crippen molar-refractivity contribution in [3.8, 4) is 5.75 Å². The van der Waals surface area contributed by atoms with E-state index in [-0.39, 0.29) is 0 Å². The highest BCUT2D eigenvalue weighted by molar-refractivity contribution is 5.49. The smallest absolute Gasteiger partial charge is 0.121 e. The third kappa shape index (κ3) is 4.53. The summed E-state index contributed by atoms with van der Waals surface area (Å²) in [4.78, 5) is 4.24. The van der Waals surface area contributed by atoms with E-state index >= 15 is 0 Å². The Hall–Kier alpha value is -1.22. The normalized spacial score (nSPS) is 10.6. The molecule has 0 aliphatic rings. The highest BCUT2D eigenvalue weighted by Gasteiger charge is 1.98. The Morgan fingerprint density at radius 1 is 1.12 bits per heavy atom. The lowest BCUT2D eigenvalue weighted by Crippen LogP contribution is -2.15. The lowest BCUT2D eigenvalue weighted by molar-refractivity contribution is 0.281. The molecule has 16 heavy (non-hydrogen) atoms. The van der Waals surface area contributed by atoms with Crippen LogP contribution in [-0.4, -0.2) is 46.2 Å². The summed E-state index contributed by atoms with van der Waals surface area (Å²) in [6.45, 7) is 1.84. The van der Waals surface area contributed by atoms with Gasteiger partial charge in [0.25, 0.3) is 0 Å². The predicted octanol–water partition coefficient (Wildman–Crippen LogP) is 2.08. The minimum Gasteiger partial charge on any atom is -0.493 e. The Bertz CT molecular complexity index is 311. The predicted molar refractivity (Wildman–Crippen MR) is 69.4 cm³/mol. The molecule has 0 aliphatic carbocycles. The highest BCUT2D eigenvalue weighted by Crippen LogP contribution is 2.19. The molecule has 0 unspecified atom stereocenters. The van der Waals surface area contributed by atoms with Gasteiger partial charge in [-0.25, -0.2) is 0 Å². The summed E-state index contributed by atoms with van der Waals surface area (Å²) in [7, 11) is 8.22. The van der Waals surface area contributed by atoms with Crippen molar-refractivity contribution >= 4 is 5.69 Å². The molecule has 90 valence electrons. The van der Waals surface area contributed by atoms with Crippen molar-refractivity contribution in [1.82, 2.24) is 4.90 Å². The zero-order valence-electron chi connectivity index (χ0n) is 10.7. The standard InChI is InChI=1S/C13H22N2O/c1-14(2)9-6-10-16-13-8-5-7-12(11-13)15(3)4/h5,7-8,11H,6,9-10H2,1-4H3. The molecule has 0 N–H and O–H groups in total. The van der Waals surface area contributed by atoms with Crippen LogP contribution in [0.2, 0.25) is 0 Å². The molecule has 0 saturated carbocycles. The van der Waals surface area contributed by atoms with Gasteiger partial charge in [0.15, 0.2) is 0 Å². The summed E-state index contributed by atoms with van der Waals surface area (Å²) in [5, 5.41) is 0. The molecule has 0 radical (unpaired) electrons. The first-order valence-corrected chi connectivity index (χ1v) is 5.64. The van der Waals surface area contributed by atoms with Crippen LogP contribution in [0.25, 0.3) is 0 Å². The molecule has 1 aromatic rings. The molecular formula is C13H22N2O. The van der Waals surface area contributed by atoms with Gasteiger partial charge in [-0.15, -0.1) is 0 Å². The maximum atomic E-state index is 5.69. The summed E-state index contributed by atoms with van der Waals surface area (Å²) >= 11 is 0. The van der Waals surface area contributed by atoms with E-state index in [0.717, 1.165) is 25.3 Å². The van der Waals surface area contributed by atoms with Gasteiger partial charge >= 0.3 is 0 Å². The van der Waals surface area contributed by atoms with Gasteiger partial charge in [0.05, 0.1) is 6.61 Å². The fraction of sp³-hybridized carbons (Fsp3) is 0.538. The maximum absolute atomic E-state index is 5.69. The van der Waals surface area contributed by atoms with Crippen LogP contribution in [0.3, 0.4) is 0 Å². The van der Waals surface area contributed by atoms with Crippen LogP contribution < -0.4 is 9.64 Å². The second-order valence-electron chi connectivity index (χ2n) is 4.40.